The van der Waals surface area contributed by atoms with Gasteiger partial charge in [0.25, 0.3) is 0 Å². The van der Waals surface area contributed by atoms with Crippen LogP contribution in [0.1, 0.15) is 118 Å². The average molecular weight is 389 g/mol. The lowest BCUT2D eigenvalue weighted by atomic mass is 10.2. The predicted molar refractivity (Wildman–Crippen MR) is 116 cm³/mol. The van der Waals surface area contributed by atoms with Crippen molar-refractivity contribution in [1.29, 1.82) is 0 Å². The molecule has 0 atom stereocenters. The van der Waals surface area contributed by atoms with Gasteiger partial charge in [-0.15, -0.1) is 0 Å². The first kappa shape index (κ1) is 26.1. The molecule has 0 aliphatic rings. The predicted octanol–water partition coefficient (Wildman–Crippen LogP) is 7.52. The summed E-state index contributed by atoms with van der Waals surface area (Å²) in [6.07, 6.45) is 17.1. The van der Waals surface area contributed by atoms with E-state index in [0.717, 1.165) is 51.5 Å². The van der Waals surface area contributed by atoms with Crippen LogP contribution < -0.4 is 0 Å². The maximum atomic E-state index is 6.39. The Morgan fingerprint density at radius 2 is 0.769 bits per heavy atom. The van der Waals surface area contributed by atoms with E-state index in [4.69, 9.17) is 13.3 Å². The van der Waals surface area contributed by atoms with Gasteiger partial charge >= 0.3 is 8.80 Å². The zero-order chi connectivity index (χ0) is 19.3. The second-order valence-corrected chi connectivity index (χ2v) is 10.2. The smallest absolute Gasteiger partial charge is 0.373 e. The maximum absolute atomic E-state index is 6.39. The van der Waals surface area contributed by atoms with E-state index in [1.165, 1.54) is 64.2 Å². The Kier molecular flexibility index (Phi) is 19.9. The van der Waals surface area contributed by atoms with E-state index in [9.17, 15) is 0 Å². The van der Waals surface area contributed by atoms with E-state index in [-0.39, 0.29) is 0 Å². The van der Waals surface area contributed by atoms with Crippen LogP contribution >= 0.6 is 0 Å². The summed E-state index contributed by atoms with van der Waals surface area (Å²) in [7, 11) is -2.50. The van der Waals surface area contributed by atoms with Crippen molar-refractivity contribution < 1.29 is 13.3 Å². The standard InChI is InChI=1S/C22H48O3Si/c1-5-9-13-16-19-23-26(22-12-8-4,24-20-17-14-10-6-2)25-21-18-15-11-7-3/h5-22H2,1-4H3. The molecule has 0 saturated carbocycles. The van der Waals surface area contributed by atoms with E-state index in [0.29, 0.717) is 0 Å². The molecule has 0 aromatic heterocycles. The largest absolute Gasteiger partial charge is 0.500 e. The Bertz CT molecular complexity index is 238. The first-order valence-corrected chi connectivity index (χ1v) is 13.6. The van der Waals surface area contributed by atoms with Gasteiger partial charge in [0.05, 0.1) is 0 Å². The summed E-state index contributed by atoms with van der Waals surface area (Å²) in [5.74, 6) is 0. The molecule has 0 spiro atoms. The molecule has 0 saturated heterocycles. The molecule has 26 heavy (non-hydrogen) atoms. The molecule has 0 bridgehead atoms. The summed E-state index contributed by atoms with van der Waals surface area (Å²) in [4.78, 5) is 0. The fourth-order valence-electron chi connectivity index (χ4n) is 3.00. The van der Waals surface area contributed by atoms with Gasteiger partial charge in [-0.05, 0) is 25.7 Å². The molecule has 158 valence electrons. The second-order valence-electron chi connectivity index (χ2n) is 7.51. The van der Waals surface area contributed by atoms with Gasteiger partial charge < -0.3 is 13.3 Å². The Labute approximate surface area is 165 Å². The Balaban J connectivity index is 4.52. The minimum Gasteiger partial charge on any atom is -0.373 e. The highest BCUT2D eigenvalue weighted by Crippen LogP contribution is 2.22. The number of rotatable bonds is 21. The Morgan fingerprint density at radius 3 is 1.08 bits per heavy atom. The lowest BCUT2D eigenvalue weighted by Gasteiger charge is -2.30. The number of unbranched alkanes of at least 4 members (excludes halogenated alkanes) is 10. The van der Waals surface area contributed by atoms with Crippen LogP contribution in [0, 0.1) is 0 Å². The molecule has 0 fully saturated rings. The molecule has 0 heterocycles. The van der Waals surface area contributed by atoms with E-state index in [2.05, 4.69) is 27.7 Å². The van der Waals surface area contributed by atoms with Crippen molar-refractivity contribution in [3.63, 3.8) is 0 Å². The Morgan fingerprint density at radius 1 is 0.423 bits per heavy atom. The van der Waals surface area contributed by atoms with E-state index < -0.39 is 8.80 Å². The topological polar surface area (TPSA) is 27.7 Å². The Hall–Kier alpha value is 0.0969. The molecule has 0 radical (unpaired) electrons. The highest BCUT2D eigenvalue weighted by molar-refractivity contribution is 6.60. The van der Waals surface area contributed by atoms with Crippen molar-refractivity contribution in [3.8, 4) is 0 Å². The number of hydrogen-bond donors (Lipinski definition) is 0. The van der Waals surface area contributed by atoms with Crippen molar-refractivity contribution in [2.75, 3.05) is 19.8 Å². The highest BCUT2D eigenvalue weighted by atomic mass is 28.4. The zero-order valence-electron chi connectivity index (χ0n) is 18.5. The summed E-state index contributed by atoms with van der Waals surface area (Å²) < 4.78 is 19.2. The van der Waals surface area contributed by atoms with Gasteiger partial charge in [0.15, 0.2) is 0 Å². The SMILES string of the molecule is CCCCCCO[Si](CCCC)(OCCCCCC)OCCCCCC. The van der Waals surface area contributed by atoms with Gasteiger partial charge in [-0.1, -0.05) is 91.9 Å². The lowest BCUT2D eigenvalue weighted by molar-refractivity contribution is 0.0548. The van der Waals surface area contributed by atoms with Gasteiger partial charge in [0, 0.05) is 25.9 Å². The molecule has 0 aliphatic carbocycles. The van der Waals surface area contributed by atoms with E-state index >= 15 is 0 Å². The van der Waals surface area contributed by atoms with Crippen molar-refractivity contribution >= 4 is 8.80 Å². The first-order valence-electron chi connectivity index (χ1n) is 11.7. The monoisotopic (exact) mass is 388 g/mol. The highest BCUT2D eigenvalue weighted by Gasteiger charge is 2.40. The minimum absolute atomic E-state index is 0.805. The van der Waals surface area contributed by atoms with Gasteiger partial charge in [-0.25, -0.2) is 0 Å². The quantitative estimate of drug-likeness (QED) is 0.150. The van der Waals surface area contributed by atoms with Crippen LogP contribution in [0.2, 0.25) is 6.04 Å². The van der Waals surface area contributed by atoms with Crippen LogP contribution in [0.15, 0.2) is 0 Å². The van der Waals surface area contributed by atoms with Gasteiger partial charge in [-0.2, -0.15) is 0 Å². The molecule has 0 amide bonds. The molecular formula is C22H48O3Si. The fraction of sp³-hybridized carbons (Fsp3) is 1.00. The minimum atomic E-state index is -2.50. The van der Waals surface area contributed by atoms with Crippen LogP contribution in [0.5, 0.6) is 0 Å². The van der Waals surface area contributed by atoms with Crippen LogP contribution in [0.3, 0.4) is 0 Å². The molecule has 0 aromatic rings. The fourth-order valence-corrected chi connectivity index (χ4v) is 5.84. The molecular weight excluding hydrogens is 340 g/mol. The normalized spacial score (nSPS) is 12.0. The summed E-state index contributed by atoms with van der Waals surface area (Å²) in [6.45, 7) is 11.4. The van der Waals surface area contributed by atoms with Gasteiger partial charge in [-0.3, -0.25) is 0 Å². The van der Waals surface area contributed by atoms with Crippen molar-refractivity contribution in [1.82, 2.24) is 0 Å². The maximum Gasteiger partial charge on any atom is 0.500 e. The van der Waals surface area contributed by atoms with E-state index in [1.807, 2.05) is 0 Å². The summed E-state index contributed by atoms with van der Waals surface area (Å²) in [5.41, 5.74) is 0. The summed E-state index contributed by atoms with van der Waals surface area (Å²) >= 11 is 0. The summed E-state index contributed by atoms with van der Waals surface area (Å²) in [6, 6.07) is 0.985. The van der Waals surface area contributed by atoms with Crippen LogP contribution in [0.4, 0.5) is 0 Å². The number of hydrogen-bond acceptors (Lipinski definition) is 3. The van der Waals surface area contributed by atoms with Crippen LogP contribution in [0.25, 0.3) is 0 Å². The summed E-state index contributed by atoms with van der Waals surface area (Å²) in [5, 5.41) is 0. The lowest BCUT2D eigenvalue weighted by Crippen LogP contribution is -2.46. The molecule has 0 rings (SSSR count). The molecule has 0 aliphatic heterocycles. The molecule has 0 unspecified atom stereocenters. The average Bonchev–Trinajstić information content (AvgIpc) is 2.65. The molecule has 4 heteroatoms. The molecule has 3 nitrogen and oxygen atoms in total. The third-order valence-corrected chi connectivity index (χ3v) is 7.69. The van der Waals surface area contributed by atoms with Crippen molar-refractivity contribution in [3.05, 3.63) is 0 Å². The third-order valence-electron chi connectivity index (χ3n) is 4.80. The molecule has 0 aromatic carbocycles. The van der Waals surface area contributed by atoms with Crippen LogP contribution in [-0.4, -0.2) is 28.6 Å². The zero-order valence-corrected chi connectivity index (χ0v) is 19.5. The van der Waals surface area contributed by atoms with Crippen molar-refractivity contribution in [2.45, 2.75) is 124 Å². The third kappa shape index (κ3) is 15.2. The van der Waals surface area contributed by atoms with Crippen molar-refractivity contribution in [2.24, 2.45) is 0 Å². The van der Waals surface area contributed by atoms with Gasteiger partial charge in [0.1, 0.15) is 0 Å². The van der Waals surface area contributed by atoms with Crippen LogP contribution in [-0.2, 0) is 13.3 Å². The van der Waals surface area contributed by atoms with Gasteiger partial charge in [0.2, 0.25) is 0 Å². The molecule has 0 N–H and O–H groups in total. The second kappa shape index (κ2) is 19.8. The van der Waals surface area contributed by atoms with E-state index in [1.54, 1.807) is 0 Å². The first-order chi connectivity index (χ1) is 12.7.